The second-order valence-electron chi connectivity index (χ2n) is 3.17. The summed E-state index contributed by atoms with van der Waals surface area (Å²) in [5.74, 6) is 0.258. The predicted octanol–water partition coefficient (Wildman–Crippen LogP) is 1.08. The summed E-state index contributed by atoms with van der Waals surface area (Å²) in [7, 11) is 0. The predicted molar refractivity (Wildman–Crippen MR) is 42.1 cm³/mol. The standard InChI is InChI=1S/C8H8N2OSe/c9-3-5-1-8-6(11-4-10)2-7(5)12-8/h5-8H,1-2H2. The fourth-order valence-corrected chi connectivity index (χ4v) is 5.66. The first-order valence-corrected chi connectivity index (χ1v) is 5.92. The zero-order chi connectivity index (χ0) is 8.55. The monoisotopic (exact) mass is 228 g/mol. The van der Waals surface area contributed by atoms with Crippen molar-refractivity contribution in [1.82, 2.24) is 0 Å². The first kappa shape index (κ1) is 7.92. The molecular weight excluding hydrogens is 219 g/mol. The van der Waals surface area contributed by atoms with Crippen LogP contribution in [0.5, 0.6) is 0 Å². The summed E-state index contributed by atoms with van der Waals surface area (Å²) >= 11 is 0.544. The van der Waals surface area contributed by atoms with E-state index < -0.39 is 0 Å². The van der Waals surface area contributed by atoms with Gasteiger partial charge in [-0.25, -0.2) is 0 Å². The second-order valence-corrected chi connectivity index (χ2v) is 6.28. The fraction of sp³-hybridized carbons (Fsp3) is 0.750. The van der Waals surface area contributed by atoms with Gasteiger partial charge in [-0.3, -0.25) is 0 Å². The van der Waals surface area contributed by atoms with Crippen LogP contribution in [0.4, 0.5) is 0 Å². The molecule has 2 heterocycles. The van der Waals surface area contributed by atoms with Crippen molar-refractivity contribution < 1.29 is 4.74 Å². The second kappa shape index (κ2) is 2.98. The van der Waals surface area contributed by atoms with Crippen molar-refractivity contribution in [3.8, 4) is 12.3 Å². The van der Waals surface area contributed by atoms with Gasteiger partial charge in [0.25, 0.3) is 0 Å². The molecular formula is C8H8N2OSe. The normalized spacial score (nSPS) is 43.5. The van der Waals surface area contributed by atoms with Crippen molar-refractivity contribution in [1.29, 1.82) is 10.5 Å². The number of hydrogen-bond donors (Lipinski definition) is 0. The molecule has 0 radical (unpaired) electrons. The summed E-state index contributed by atoms with van der Waals surface area (Å²) in [6.07, 6.45) is 3.80. The Bertz CT molecular complexity index is 267. The molecule has 2 saturated heterocycles. The Balaban J connectivity index is 2.00. The number of nitriles is 2. The van der Waals surface area contributed by atoms with Gasteiger partial charge < -0.3 is 0 Å². The summed E-state index contributed by atoms with van der Waals surface area (Å²) in [5, 5.41) is 17.1. The molecule has 2 fully saturated rings. The van der Waals surface area contributed by atoms with Crippen molar-refractivity contribution in [3.05, 3.63) is 0 Å². The number of ether oxygens (including phenoxy) is 1. The summed E-state index contributed by atoms with van der Waals surface area (Å²) in [6.45, 7) is 0. The van der Waals surface area contributed by atoms with Crippen LogP contribution in [0, 0.1) is 28.8 Å². The Labute approximate surface area is 77.5 Å². The Morgan fingerprint density at radius 2 is 2.08 bits per heavy atom. The Hall–Kier alpha value is -0.701. The first-order valence-electron chi connectivity index (χ1n) is 3.95. The average molecular weight is 227 g/mol. The van der Waals surface area contributed by atoms with E-state index in [4.69, 9.17) is 15.3 Å². The van der Waals surface area contributed by atoms with Crippen molar-refractivity contribution in [2.75, 3.05) is 0 Å². The number of hydrogen-bond acceptors (Lipinski definition) is 3. The molecule has 0 aliphatic carbocycles. The third-order valence-corrected chi connectivity index (χ3v) is 6.13. The van der Waals surface area contributed by atoms with Gasteiger partial charge in [-0.15, -0.1) is 0 Å². The molecule has 0 spiro atoms. The molecule has 2 rings (SSSR count). The van der Waals surface area contributed by atoms with Crippen LogP contribution in [0.15, 0.2) is 0 Å². The maximum absolute atomic E-state index is 8.76. The molecule has 4 atom stereocenters. The van der Waals surface area contributed by atoms with Crippen LogP contribution in [-0.4, -0.2) is 21.1 Å². The summed E-state index contributed by atoms with van der Waals surface area (Å²) in [6, 6.07) is 2.34. The van der Waals surface area contributed by atoms with Gasteiger partial charge in [0.2, 0.25) is 0 Å². The van der Waals surface area contributed by atoms with Crippen molar-refractivity contribution in [2.24, 2.45) is 5.92 Å². The molecule has 2 aliphatic heterocycles. The molecule has 4 unspecified atom stereocenters. The van der Waals surface area contributed by atoms with E-state index in [1.54, 1.807) is 6.26 Å². The van der Waals surface area contributed by atoms with E-state index in [1.165, 1.54) is 0 Å². The Morgan fingerprint density at radius 3 is 2.58 bits per heavy atom. The minimum atomic E-state index is 0.143. The van der Waals surface area contributed by atoms with E-state index in [0.29, 0.717) is 24.6 Å². The van der Waals surface area contributed by atoms with Crippen LogP contribution >= 0.6 is 0 Å². The third kappa shape index (κ3) is 1.08. The molecule has 4 heteroatoms. The summed E-state index contributed by atoms with van der Waals surface area (Å²) in [5.41, 5.74) is 0. The molecule has 2 bridgehead atoms. The van der Waals surface area contributed by atoms with Gasteiger partial charge in [0.05, 0.1) is 0 Å². The summed E-state index contributed by atoms with van der Waals surface area (Å²) in [4.78, 5) is 1.10. The molecule has 0 aromatic heterocycles. The van der Waals surface area contributed by atoms with E-state index in [9.17, 15) is 0 Å². The molecule has 3 nitrogen and oxygen atoms in total. The third-order valence-electron chi connectivity index (χ3n) is 2.53. The van der Waals surface area contributed by atoms with Gasteiger partial charge in [-0.2, -0.15) is 0 Å². The van der Waals surface area contributed by atoms with Gasteiger partial charge in [0.15, 0.2) is 0 Å². The topological polar surface area (TPSA) is 56.8 Å². The number of nitrogens with zero attached hydrogens (tertiary/aromatic N) is 2. The van der Waals surface area contributed by atoms with E-state index >= 15 is 0 Å². The van der Waals surface area contributed by atoms with Crippen molar-refractivity contribution >= 4 is 15.0 Å². The molecule has 62 valence electrons. The van der Waals surface area contributed by atoms with Gasteiger partial charge in [0.1, 0.15) is 0 Å². The van der Waals surface area contributed by atoms with Crippen molar-refractivity contribution in [3.63, 3.8) is 0 Å². The SMILES string of the molecule is N#COC1CC2[Se]C1CC2C#N. The van der Waals surface area contributed by atoms with Crippen molar-refractivity contribution in [2.45, 2.75) is 28.6 Å². The van der Waals surface area contributed by atoms with Gasteiger partial charge >= 0.3 is 77.0 Å². The van der Waals surface area contributed by atoms with E-state index in [2.05, 4.69) is 6.07 Å². The van der Waals surface area contributed by atoms with Gasteiger partial charge in [0, 0.05) is 0 Å². The van der Waals surface area contributed by atoms with Crippen LogP contribution in [0.3, 0.4) is 0 Å². The Kier molecular flexibility index (Phi) is 1.97. The fourth-order valence-electron chi connectivity index (χ4n) is 1.94. The van der Waals surface area contributed by atoms with Gasteiger partial charge in [-0.1, -0.05) is 0 Å². The van der Waals surface area contributed by atoms with Gasteiger partial charge in [-0.05, 0) is 0 Å². The Morgan fingerprint density at radius 1 is 1.25 bits per heavy atom. The molecule has 0 saturated carbocycles. The molecule has 0 aromatic rings. The van der Waals surface area contributed by atoms with Crippen LogP contribution in [-0.2, 0) is 4.74 Å². The van der Waals surface area contributed by atoms with Crippen LogP contribution in [0.1, 0.15) is 12.8 Å². The minimum absolute atomic E-state index is 0.143. The quantitative estimate of drug-likeness (QED) is 0.497. The molecule has 0 amide bonds. The average Bonchev–Trinajstić information content (AvgIpc) is 2.62. The molecule has 0 aromatic carbocycles. The number of fused-ring (bicyclic) bond motifs is 2. The molecule has 2 aliphatic rings. The first-order chi connectivity index (χ1) is 5.85. The maximum atomic E-state index is 8.76. The van der Waals surface area contributed by atoms with Crippen LogP contribution < -0.4 is 0 Å². The van der Waals surface area contributed by atoms with Crippen LogP contribution in [0.25, 0.3) is 0 Å². The van der Waals surface area contributed by atoms with E-state index in [0.717, 1.165) is 12.8 Å². The zero-order valence-corrected chi connectivity index (χ0v) is 8.15. The molecule has 0 N–H and O–H groups in total. The van der Waals surface area contributed by atoms with Crippen LogP contribution in [0.2, 0.25) is 9.63 Å². The zero-order valence-electron chi connectivity index (χ0n) is 6.43. The van der Waals surface area contributed by atoms with E-state index in [1.807, 2.05) is 0 Å². The number of rotatable bonds is 1. The van der Waals surface area contributed by atoms with E-state index in [-0.39, 0.29) is 12.0 Å². The summed E-state index contributed by atoms with van der Waals surface area (Å²) < 4.78 is 4.94. The molecule has 12 heavy (non-hydrogen) atoms.